The van der Waals surface area contributed by atoms with E-state index in [1.54, 1.807) is 0 Å². The molecule has 1 saturated heterocycles. The third-order valence-corrected chi connectivity index (χ3v) is 2.58. The molecule has 1 rings (SSSR count). The van der Waals surface area contributed by atoms with Crippen LogP contribution in [-0.2, 0) is 9.59 Å². The van der Waals surface area contributed by atoms with E-state index in [-0.39, 0.29) is 6.54 Å². The zero-order chi connectivity index (χ0) is 12.1. The molecule has 0 saturated carbocycles. The molecule has 0 aromatic heterocycles. The SMILES string of the molecule is NCC(O)CN1CCN(C(=O)C(=O)O)CC1. The van der Waals surface area contributed by atoms with Crippen LogP contribution in [0.4, 0.5) is 0 Å². The largest absolute Gasteiger partial charge is 0.474 e. The van der Waals surface area contributed by atoms with E-state index in [2.05, 4.69) is 0 Å². The molecule has 0 aliphatic carbocycles. The summed E-state index contributed by atoms with van der Waals surface area (Å²) >= 11 is 0. The average molecular weight is 231 g/mol. The lowest BCUT2D eigenvalue weighted by Crippen LogP contribution is -2.52. The van der Waals surface area contributed by atoms with Gasteiger partial charge in [0.2, 0.25) is 0 Å². The van der Waals surface area contributed by atoms with Crippen LogP contribution in [0, 0.1) is 0 Å². The molecule has 7 nitrogen and oxygen atoms in total. The van der Waals surface area contributed by atoms with Crippen molar-refractivity contribution in [1.29, 1.82) is 0 Å². The number of amides is 1. The first-order chi connectivity index (χ1) is 7.54. The highest BCUT2D eigenvalue weighted by Gasteiger charge is 2.25. The van der Waals surface area contributed by atoms with Crippen molar-refractivity contribution in [3.63, 3.8) is 0 Å². The summed E-state index contributed by atoms with van der Waals surface area (Å²) in [5.41, 5.74) is 5.29. The maximum atomic E-state index is 11.1. The van der Waals surface area contributed by atoms with Gasteiger partial charge in [-0.3, -0.25) is 9.69 Å². The number of aliphatic carboxylic acids is 1. The molecule has 0 aromatic carbocycles. The van der Waals surface area contributed by atoms with Crippen molar-refractivity contribution in [3.05, 3.63) is 0 Å². The fourth-order valence-electron chi connectivity index (χ4n) is 1.64. The lowest BCUT2D eigenvalue weighted by molar-refractivity contribution is -0.156. The first-order valence-corrected chi connectivity index (χ1v) is 5.17. The van der Waals surface area contributed by atoms with E-state index >= 15 is 0 Å². The topological polar surface area (TPSA) is 107 Å². The molecule has 0 spiro atoms. The van der Waals surface area contributed by atoms with Crippen molar-refractivity contribution in [2.24, 2.45) is 5.73 Å². The zero-order valence-corrected chi connectivity index (χ0v) is 9.00. The van der Waals surface area contributed by atoms with Crippen LogP contribution in [-0.4, -0.2) is 77.3 Å². The molecular weight excluding hydrogens is 214 g/mol. The number of aliphatic hydroxyl groups excluding tert-OH is 1. The predicted octanol–water partition coefficient (Wildman–Crippen LogP) is -2.47. The molecule has 1 unspecified atom stereocenters. The van der Waals surface area contributed by atoms with Crippen molar-refractivity contribution in [2.75, 3.05) is 39.3 Å². The Hall–Kier alpha value is -1.18. The molecule has 1 aliphatic heterocycles. The minimum Gasteiger partial charge on any atom is -0.474 e. The van der Waals surface area contributed by atoms with Gasteiger partial charge >= 0.3 is 11.9 Å². The van der Waals surface area contributed by atoms with Crippen LogP contribution < -0.4 is 5.73 Å². The normalized spacial score (nSPS) is 19.5. The van der Waals surface area contributed by atoms with E-state index in [1.165, 1.54) is 4.90 Å². The number of aliphatic hydroxyl groups is 1. The summed E-state index contributed by atoms with van der Waals surface area (Å²) in [7, 11) is 0. The summed E-state index contributed by atoms with van der Waals surface area (Å²) in [6.07, 6.45) is -0.568. The molecular formula is C9H17N3O4. The summed E-state index contributed by atoms with van der Waals surface area (Å²) in [6, 6.07) is 0. The van der Waals surface area contributed by atoms with Crippen molar-refractivity contribution in [2.45, 2.75) is 6.10 Å². The maximum absolute atomic E-state index is 11.1. The van der Waals surface area contributed by atoms with E-state index < -0.39 is 18.0 Å². The Morgan fingerprint density at radius 3 is 2.25 bits per heavy atom. The molecule has 7 heteroatoms. The van der Waals surface area contributed by atoms with Gasteiger partial charge in [0.05, 0.1) is 6.10 Å². The smallest absolute Gasteiger partial charge is 0.394 e. The molecule has 92 valence electrons. The Labute approximate surface area is 93.4 Å². The average Bonchev–Trinajstić information content (AvgIpc) is 2.28. The number of hydrogen-bond acceptors (Lipinski definition) is 5. The Morgan fingerprint density at radius 2 is 1.81 bits per heavy atom. The number of β-amino-alcohol motifs (C(OH)–C–C–N with tert-alkyl or cyclic N) is 1. The van der Waals surface area contributed by atoms with E-state index in [0.29, 0.717) is 32.7 Å². The lowest BCUT2D eigenvalue weighted by atomic mass is 10.2. The molecule has 1 atom stereocenters. The lowest BCUT2D eigenvalue weighted by Gasteiger charge is -2.34. The van der Waals surface area contributed by atoms with Gasteiger partial charge in [-0.25, -0.2) is 4.79 Å². The number of hydrogen-bond donors (Lipinski definition) is 3. The van der Waals surface area contributed by atoms with Gasteiger partial charge in [0.1, 0.15) is 0 Å². The highest BCUT2D eigenvalue weighted by atomic mass is 16.4. The van der Waals surface area contributed by atoms with E-state index in [4.69, 9.17) is 10.8 Å². The highest BCUT2D eigenvalue weighted by molar-refractivity contribution is 6.31. The monoisotopic (exact) mass is 231 g/mol. The Morgan fingerprint density at radius 1 is 1.25 bits per heavy atom. The molecule has 0 aromatic rings. The van der Waals surface area contributed by atoms with Crippen LogP contribution in [0.1, 0.15) is 0 Å². The second kappa shape index (κ2) is 5.78. The minimum atomic E-state index is -1.42. The maximum Gasteiger partial charge on any atom is 0.394 e. The van der Waals surface area contributed by atoms with Crippen LogP contribution in [0.5, 0.6) is 0 Å². The summed E-state index contributed by atoms with van der Waals surface area (Å²) in [5, 5.41) is 17.9. The Balaban J connectivity index is 2.34. The van der Waals surface area contributed by atoms with E-state index in [0.717, 1.165) is 0 Å². The number of nitrogens with zero attached hydrogens (tertiary/aromatic N) is 2. The molecule has 1 amide bonds. The molecule has 16 heavy (non-hydrogen) atoms. The second-order valence-corrected chi connectivity index (χ2v) is 3.79. The number of carbonyl (C=O) groups is 2. The fourth-order valence-corrected chi connectivity index (χ4v) is 1.64. The summed E-state index contributed by atoms with van der Waals surface area (Å²) < 4.78 is 0. The summed E-state index contributed by atoms with van der Waals surface area (Å²) in [6.45, 7) is 2.55. The van der Waals surface area contributed by atoms with Crippen LogP contribution in [0.2, 0.25) is 0 Å². The van der Waals surface area contributed by atoms with Gasteiger partial charge in [-0.1, -0.05) is 0 Å². The zero-order valence-electron chi connectivity index (χ0n) is 9.00. The number of piperazine rings is 1. The third-order valence-electron chi connectivity index (χ3n) is 2.58. The quantitative estimate of drug-likeness (QED) is 0.465. The first kappa shape index (κ1) is 12.9. The van der Waals surface area contributed by atoms with Gasteiger partial charge < -0.3 is 20.8 Å². The van der Waals surface area contributed by atoms with Gasteiger partial charge in [0.25, 0.3) is 0 Å². The standard InChI is InChI=1S/C9H17N3O4/c10-5-7(13)6-11-1-3-12(4-2-11)8(14)9(15)16/h7,13H,1-6,10H2,(H,15,16). The van der Waals surface area contributed by atoms with Gasteiger partial charge in [0.15, 0.2) is 0 Å². The number of carboxylic acids is 1. The van der Waals surface area contributed by atoms with Crippen LogP contribution >= 0.6 is 0 Å². The Kier molecular flexibility index (Phi) is 4.66. The minimum absolute atomic E-state index is 0.203. The number of carbonyl (C=O) groups excluding carboxylic acids is 1. The third kappa shape index (κ3) is 3.44. The fraction of sp³-hybridized carbons (Fsp3) is 0.778. The van der Waals surface area contributed by atoms with Gasteiger partial charge in [-0.2, -0.15) is 0 Å². The highest BCUT2D eigenvalue weighted by Crippen LogP contribution is 2.03. The van der Waals surface area contributed by atoms with Crippen molar-refractivity contribution in [1.82, 2.24) is 9.80 Å². The summed E-state index contributed by atoms with van der Waals surface area (Å²) in [5.74, 6) is -2.28. The first-order valence-electron chi connectivity index (χ1n) is 5.17. The molecule has 4 N–H and O–H groups in total. The Bertz CT molecular complexity index is 263. The predicted molar refractivity (Wildman–Crippen MR) is 55.7 cm³/mol. The van der Waals surface area contributed by atoms with Crippen LogP contribution in [0.25, 0.3) is 0 Å². The molecule has 1 aliphatic rings. The number of rotatable bonds is 3. The van der Waals surface area contributed by atoms with E-state index in [1.807, 2.05) is 4.90 Å². The molecule has 1 fully saturated rings. The molecule has 0 radical (unpaired) electrons. The van der Waals surface area contributed by atoms with Crippen molar-refractivity contribution >= 4 is 11.9 Å². The summed E-state index contributed by atoms with van der Waals surface area (Å²) in [4.78, 5) is 24.8. The number of nitrogens with two attached hydrogens (primary N) is 1. The van der Waals surface area contributed by atoms with Gasteiger partial charge in [0, 0.05) is 39.3 Å². The second-order valence-electron chi connectivity index (χ2n) is 3.79. The number of carboxylic acid groups (broad SMARTS) is 1. The van der Waals surface area contributed by atoms with Crippen molar-refractivity contribution in [3.8, 4) is 0 Å². The van der Waals surface area contributed by atoms with Crippen LogP contribution in [0.3, 0.4) is 0 Å². The van der Waals surface area contributed by atoms with Gasteiger partial charge in [-0.15, -0.1) is 0 Å². The van der Waals surface area contributed by atoms with Crippen molar-refractivity contribution < 1.29 is 19.8 Å². The van der Waals surface area contributed by atoms with E-state index in [9.17, 15) is 14.7 Å². The molecule has 0 bridgehead atoms. The molecule has 1 heterocycles. The van der Waals surface area contributed by atoms with Gasteiger partial charge in [-0.05, 0) is 0 Å². The van der Waals surface area contributed by atoms with Crippen LogP contribution in [0.15, 0.2) is 0 Å².